The maximum absolute atomic E-state index is 12.5. The summed E-state index contributed by atoms with van der Waals surface area (Å²) >= 11 is 0. The number of hydrogen-bond acceptors (Lipinski definition) is 5. The van der Waals surface area contributed by atoms with Crippen LogP contribution in [0, 0.1) is 0 Å². The van der Waals surface area contributed by atoms with Crippen molar-refractivity contribution in [3.05, 3.63) is 60.5 Å². The lowest BCUT2D eigenvalue weighted by atomic mass is 10.3. The Morgan fingerprint density at radius 2 is 1.96 bits per heavy atom. The first-order valence-corrected chi connectivity index (χ1v) is 7.88. The van der Waals surface area contributed by atoms with E-state index in [9.17, 15) is 4.79 Å². The molecule has 0 atom stereocenters. The van der Waals surface area contributed by atoms with E-state index in [0.717, 1.165) is 11.6 Å². The van der Waals surface area contributed by atoms with Crippen molar-refractivity contribution in [2.24, 2.45) is 0 Å². The standard InChI is InChI=1S/C16H17N7O/c24-16(13-11-17-4-5-18-13)22-8-3-14-19-20-15(23(14)10-9-22)12-21-6-1-2-7-21/h1-2,4-7,11H,3,8-10,12H2. The van der Waals surface area contributed by atoms with Crippen LogP contribution in [-0.4, -0.2) is 53.2 Å². The van der Waals surface area contributed by atoms with Gasteiger partial charge in [0, 0.05) is 50.8 Å². The molecule has 0 saturated carbocycles. The molecule has 3 aromatic rings. The van der Waals surface area contributed by atoms with E-state index in [1.807, 2.05) is 24.5 Å². The third-order valence-electron chi connectivity index (χ3n) is 4.16. The predicted octanol–water partition coefficient (Wildman–Crippen LogP) is 0.616. The fraction of sp³-hybridized carbons (Fsp3) is 0.312. The van der Waals surface area contributed by atoms with Gasteiger partial charge < -0.3 is 14.0 Å². The summed E-state index contributed by atoms with van der Waals surface area (Å²) in [5, 5.41) is 8.61. The number of fused-ring (bicyclic) bond motifs is 1. The number of carbonyl (C=O) groups excluding carboxylic acids is 1. The van der Waals surface area contributed by atoms with E-state index < -0.39 is 0 Å². The van der Waals surface area contributed by atoms with Crippen LogP contribution in [0.25, 0.3) is 0 Å². The fourth-order valence-electron chi connectivity index (χ4n) is 2.91. The van der Waals surface area contributed by atoms with Crippen LogP contribution < -0.4 is 0 Å². The number of nitrogens with zero attached hydrogens (tertiary/aromatic N) is 7. The van der Waals surface area contributed by atoms with Crippen molar-refractivity contribution in [1.82, 2.24) is 34.2 Å². The van der Waals surface area contributed by atoms with E-state index in [1.165, 1.54) is 12.4 Å². The van der Waals surface area contributed by atoms with Crippen LogP contribution in [0.5, 0.6) is 0 Å². The number of amides is 1. The zero-order valence-corrected chi connectivity index (χ0v) is 13.1. The molecule has 0 unspecified atom stereocenters. The van der Waals surface area contributed by atoms with Crippen molar-refractivity contribution in [3.63, 3.8) is 0 Å². The van der Waals surface area contributed by atoms with E-state index in [0.29, 0.717) is 38.3 Å². The molecule has 3 aromatic heterocycles. The molecular weight excluding hydrogens is 306 g/mol. The fourth-order valence-corrected chi connectivity index (χ4v) is 2.91. The Balaban J connectivity index is 1.50. The SMILES string of the molecule is O=C(c1cnccn1)N1CCc2nnc(Cn3cccc3)n2CC1. The highest BCUT2D eigenvalue weighted by Crippen LogP contribution is 2.12. The lowest BCUT2D eigenvalue weighted by Crippen LogP contribution is -2.34. The average molecular weight is 323 g/mol. The Labute approximate surface area is 138 Å². The monoisotopic (exact) mass is 323 g/mol. The Morgan fingerprint density at radius 1 is 1.08 bits per heavy atom. The van der Waals surface area contributed by atoms with Crippen LogP contribution in [0.15, 0.2) is 43.1 Å². The molecule has 0 spiro atoms. The highest BCUT2D eigenvalue weighted by Gasteiger charge is 2.23. The first kappa shape index (κ1) is 14.6. The molecule has 8 nitrogen and oxygen atoms in total. The minimum Gasteiger partial charge on any atom is -0.347 e. The van der Waals surface area contributed by atoms with E-state index in [4.69, 9.17) is 0 Å². The molecule has 0 aromatic carbocycles. The smallest absolute Gasteiger partial charge is 0.274 e. The second kappa shape index (κ2) is 6.23. The number of carbonyl (C=O) groups is 1. The number of rotatable bonds is 3. The number of hydrogen-bond donors (Lipinski definition) is 0. The van der Waals surface area contributed by atoms with E-state index in [-0.39, 0.29) is 5.91 Å². The summed E-state index contributed by atoms with van der Waals surface area (Å²) in [6.45, 7) is 2.58. The molecule has 8 heteroatoms. The molecular formula is C16H17N7O. The third kappa shape index (κ3) is 2.78. The molecule has 1 aliphatic rings. The molecule has 0 aliphatic carbocycles. The average Bonchev–Trinajstić information content (AvgIpc) is 3.21. The van der Waals surface area contributed by atoms with Crippen LogP contribution in [0.3, 0.4) is 0 Å². The molecule has 1 aliphatic heterocycles. The maximum Gasteiger partial charge on any atom is 0.274 e. The van der Waals surface area contributed by atoms with Crippen LogP contribution in [0.4, 0.5) is 0 Å². The summed E-state index contributed by atoms with van der Waals surface area (Å²) in [5.74, 6) is 1.75. The van der Waals surface area contributed by atoms with Crippen molar-refractivity contribution < 1.29 is 4.79 Å². The van der Waals surface area contributed by atoms with Crippen molar-refractivity contribution in [3.8, 4) is 0 Å². The molecule has 0 bridgehead atoms. The van der Waals surface area contributed by atoms with Crippen molar-refractivity contribution in [1.29, 1.82) is 0 Å². The number of aromatic nitrogens is 6. The van der Waals surface area contributed by atoms with Crippen molar-refractivity contribution in [2.45, 2.75) is 19.5 Å². The zero-order chi connectivity index (χ0) is 16.4. The zero-order valence-electron chi connectivity index (χ0n) is 13.1. The first-order valence-electron chi connectivity index (χ1n) is 7.88. The van der Waals surface area contributed by atoms with Crippen LogP contribution in [0.1, 0.15) is 22.1 Å². The quantitative estimate of drug-likeness (QED) is 0.705. The molecule has 24 heavy (non-hydrogen) atoms. The van der Waals surface area contributed by atoms with Gasteiger partial charge in [-0.2, -0.15) is 0 Å². The van der Waals surface area contributed by atoms with Crippen LogP contribution in [-0.2, 0) is 19.5 Å². The highest BCUT2D eigenvalue weighted by molar-refractivity contribution is 5.91. The molecule has 4 heterocycles. The summed E-state index contributed by atoms with van der Waals surface area (Å²) in [6, 6.07) is 3.97. The second-order valence-electron chi connectivity index (χ2n) is 5.67. The van der Waals surface area contributed by atoms with Gasteiger partial charge in [0.1, 0.15) is 11.5 Å². The Kier molecular flexibility index (Phi) is 3.78. The maximum atomic E-state index is 12.5. The van der Waals surface area contributed by atoms with E-state index in [2.05, 4.69) is 29.3 Å². The van der Waals surface area contributed by atoms with Gasteiger partial charge in [-0.05, 0) is 12.1 Å². The predicted molar refractivity (Wildman–Crippen MR) is 85.2 cm³/mol. The van der Waals surface area contributed by atoms with Crippen LogP contribution >= 0.6 is 0 Å². The van der Waals surface area contributed by atoms with Gasteiger partial charge >= 0.3 is 0 Å². The minimum absolute atomic E-state index is 0.0891. The topological polar surface area (TPSA) is 81.7 Å². The van der Waals surface area contributed by atoms with Gasteiger partial charge in [0.2, 0.25) is 0 Å². The summed E-state index contributed by atoms with van der Waals surface area (Å²) in [5.41, 5.74) is 0.378. The summed E-state index contributed by atoms with van der Waals surface area (Å²) in [4.78, 5) is 22.4. The third-order valence-corrected chi connectivity index (χ3v) is 4.16. The Hall–Kier alpha value is -3.03. The summed E-state index contributed by atoms with van der Waals surface area (Å²) in [7, 11) is 0. The van der Waals surface area contributed by atoms with Gasteiger partial charge in [0.25, 0.3) is 5.91 Å². The Bertz CT molecular complexity index is 826. The summed E-state index contributed by atoms with van der Waals surface area (Å²) in [6.07, 6.45) is 9.29. The molecule has 0 N–H and O–H groups in total. The lowest BCUT2D eigenvalue weighted by Gasteiger charge is -2.19. The molecule has 0 fully saturated rings. The second-order valence-corrected chi connectivity index (χ2v) is 5.67. The highest BCUT2D eigenvalue weighted by atomic mass is 16.2. The molecule has 0 saturated heterocycles. The Morgan fingerprint density at radius 3 is 2.75 bits per heavy atom. The van der Waals surface area contributed by atoms with E-state index in [1.54, 1.807) is 11.1 Å². The van der Waals surface area contributed by atoms with Gasteiger partial charge in [0.05, 0.1) is 12.7 Å². The summed E-state index contributed by atoms with van der Waals surface area (Å²) < 4.78 is 4.18. The molecule has 1 amide bonds. The van der Waals surface area contributed by atoms with Crippen molar-refractivity contribution >= 4 is 5.91 Å². The van der Waals surface area contributed by atoms with Crippen molar-refractivity contribution in [2.75, 3.05) is 13.1 Å². The van der Waals surface area contributed by atoms with E-state index >= 15 is 0 Å². The van der Waals surface area contributed by atoms with Gasteiger partial charge in [-0.25, -0.2) is 4.98 Å². The van der Waals surface area contributed by atoms with Crippen LogP contribution in [0.2, 0.25) is 0 Å². The largest absolute Gasteiger partial charge is 0.347 e. The van der Waals surface area contributed by atoms with Gasteiger partial charge in [-0.1, -0.05) is 0 Å². The first-order chi connectivity index (χ1) is 11.8. The normalized spacial score (nSPS) is 14.2. The van der Waals surface area contributed by atoms with Gasteiger partial charge in [0.15, 0.2) is 5.82 Å². The lowest BCUT2D eigenvalue weighted by molar-refractivity contribution is 0.0752. The molecule has 4 rings (SSSR count). The minimum atomic E-state index is -0.0891. The molecule has 122 valence electrons. The van der Waals surface area contributed by atoms with Gasteiger partial charge in [-0.15, -0.1) is 10.2 Å². The van der Waals surface area contributed by atoms with Gasteiger partial charge in [-0.3, -0.25) is 9.78 Å². The molecule has 0 radical (unpaired) electrons.